The zero-order valence-corrected chi connectivity index (χ0v) is 13.3. The summed E-state index contributed by atoms with van der Waals surface area (Å²) in [7, 11) is 0. The monoisotopic (exact) mass is 295 g/mol. The fourth-order valence-corrected chi connectivity index (χ4v) is 2.20. The Morgan fingerprint density at radius 3 is 2.52 bits per heavy atom. The van der Waals surface area contributed by atoms with E-state index in [1.165, 1.54) is 0 Å². The van der Waals surface area contributed by atoms with E-state index in [-0.39, 0.29) is 18.4 Å². The van der Waals surface area contributed by atoms with Gasteiger partial charge >= 0.3 is 5.97 Å². The standard InChI is InChI=1S/C15H25N3O3/c1-5-12-10-13(18(6-2)16-12)15(21)17(11(3)4)9-7-8-14(19)20/h10-11H,5-9H2,1-4H3,(H,19,20). The lowest BCUT2D eigenvalue weighted by Gasteiger charge is -2.26. The highest BCUT2D eigenvalue weighted by atomic mass is 16.4. The number of aromatic nitrogens is 2. The van der Waals surface area contributed by atoms with Gasteiger partial charge in [0.2, 0.25) is 0 Å². The third-order valence-corrected chi connectivity index (χ3v) is 3.39. The van der Waals surface area contributed by atoms with E-state index in [2.05, 4.69) is 5.10 Å². The van der Waals surface area contributed by atoms with Crippen LogP contribution in [0.25, 0.3) is 0 Å². The molecule has 0 bridgehead atoms. The first-order chi connectivity index (χ1) is 9.90. The molecule has 0 atom stereocenters. The van der Waals surface area contributed by atoms with Gasteiger partial charge in [-0.25, -0.2) is 0 Å². The Morgan fingerprint density at radius 1 is 1.38 bits per heavy atom. The lowest BCUT2D eigenvalue weighted by Crippen LogP contribution is -2.39. The summed E-state index contributed by atoms with van der Waals surface area (Å²) in [5.74, 6) is -0.914. The minimum atomic E-state index is -0.835. The average molecular weight is 295 g/mol. The van der Waals surface area contributed by atoms with Gasteiger partial charge in [0, 0.05) is 25.6 Å². The van der Waals surface area contributed by atoms with Gasteiger partial charge in [0.25, 0.3) is 5.91 Å². The lowest BCUT2D eigenvalue weighted by atomic mass is 10.2. The van der Waals surface area contributed by atoms with E-state index in [9.17, 15) is 9.59 Å². The van der Waals surface area contributed by atoms with Gasteiger partial charge in [-0.05, 0) is 39.7 Å². The summed E-state index contributed by atoms with van der Waals surface area (Å²) in [6.07, 6.45) is 1.32. The molecule has 6 heteroatoms. The maximum Gasteiger partial charge on any atom is 0.303 e. The summed E-state index contributed by atoms with van der Waals surface area (Å²) < 4.78 is 1.72. The molecule has 0 spiro atoms. The number of carbonyl (C=O) groups excluding carboxylic acids is 1. The first-order valence-corrected chi connectivity index (χ1v) is 7.50. The first kappa shape index (κ1) is 17.2. The van der Waals surface area contributed by atoms with Crippen molar-refractivity contribution in [1.82, 2.24) is 14.7 Å². The van der Waals surface area contributed by atoms with E-state index >= 15 is 0 Å². The van der Waals surface area contributed by atoms with E-state index in [0.29, 0.717) is 25.2 Å². The van der Waals surface area contributed by atoms with Crippen molar-refractivity contribution in [1.29, 1.82) is 0 Å². The minimum Gasteiger partial charge on any atom is -0.481 e. The van der Waals surface area contributed by atoms with Gasteiger partial charge < -0.3 is 10.0 Å². The Hall–Kier alpha value is -1.85. The van der Waals surface area contributed by atoms with Crippen molar-refractivity contribution < 1.29 is 14.7 Å². The van der Waals surface area contributed by atoms with Gasteiger partial charge in [-0.1, -0.05) is 6.92 Å². The van der Waals surface area contributed by atoms with Gasteiger partial charge in [0.15, 0.2) is 0 Å². The van der Waals surface area contributed by atoms with Gasteiger partial charge in [0.05, 0.1) is 5.69 Å². The molecule has 0 aromatic carbocycles. The van der Waals surface area contributed by atoms with Gasteiger partial charge in [0.1, 0.15) is 5.69 Å². The molecule has 1 aromatic heterocycles. The number of aliphatic carboxylic acids is 1. The maximum atomic E-state index is 12.7. The van der Waals surface area contributed by atoms with Crippen LogP contribution in [0.3, 0.4) is 0 Å². The number of carboxylic acid groups (broad SMARTS) is 1. The molecule has 0 saturated heterocycles. The molecule has 0 radical (unpaired) electrons. The predicted octanol–water partition coefficient (Wildman–Crippen LogP) is 2.18. The number of amides is 1. The molecule has 1 N–H and O–H groups in total. The number of hydrogen-bond donors (Lipinski definition) is 1. The largest absolute Gasteiger partial charge is 0.481 e. The van der Waals surface area contributed by atoms with Crippen molar-refractivity contribution >= 4 is 11.9 Å². The Morgan fingerprint density at radius 2 is 2.05 bits per heavy atom. The molecule has 1 heterocycles. The Bertz CT molecular complexity index is 494. The minimum absolute atomic E-state index is 0.0246. The quantitative estimate of drug-likeness (QED) is 0.797. The maximum absolute atomic E-state index is 12.7. The molecule has 0 fully saturated rings. The van der Waals surface area contributed by atoms with Gasteiger partial charge in [-0.15, -0.1) is 0 Å². The molecular weight excluding hydrogens is 270 g/mol. The van der Waals surface area contributed by atoms with Crippen molar-refractivity contribution in [2.45, 2.75) is 59.5 Å². The van der Waals surface area contributed by atoms with Crippen LogP contribution >= 0.6 is 0 Å². The Labute approximate surface area is 125 Å². The van der Waals surface area contributed by atoms with Crippen LogP contribution in [-0.2, 0) is 17.8 Å². The molecule has 1 amide bonds. The van der Waals surface area contributed by atoms with Crippen molar-refractivity contribution in [3.63, 3.8) is 0 Å². The highest BCUT2D eigenvalue weighted by molar-refractivity contribution is 5.93. The second-order valence-corrected chi connectivity index (χ2v) is 5.28. The zero-order chi connectivity index (χ0) is 16.0. The van der Waals surface area contributed by atoms with E-state index in [0.717, 1.165) is 12.1 Å². The highest BCUT2D eigenvalue weighted by Gasteiger charge is 2.22. The number of hydrogen-bond acceptors (Lipinski definition) is 3. The first-order valence-electron chi connectivity index (χ1n) is 7.50. The van der Waals surface area contributed by atoms with Gasteiger partial charge in [-0.2, -0.15) is 5.10 Å². The Balaban J connectivity index is 2.89. The third kappa shape index (κ3) is 4.58. The molecule has 1 rings (SSSR count). The summed E-state index contributed by atoms with van der Waals surface area (Å²) in [5, 5.41) is 13.1. The topological polar surface area (TPSA) is 75.4 Å². The number of aryl methyl sites for hydroxylation is 2. The molecule has 0 aliphatic carbocycles. The SMILES string of the molecule is CCc1cc(C(=O)N(CCCC(=O)O)C(C)C)n(CC)n1. The molecule has 21 heavy (non-hydrogen) atoms. The number of rotatable bonds is 8. The summed E-state index contributed by atoms with van der Waals surface area (Å²) in [5.41, 5.74) is 1.48. The molecule has 0 aliphatic rings. The molecule has 0 unspecified atom stereocenters. The summed E-state index contributed by atoms with van der Waals surface area (Å²) in [4.78, 5) is 25.0. The fourth-order valence-electron chi connectivity index (χ4n) is 2.20. The average Bonchev–Trinajstić information content (AvgIpc) is 2.85. The summed E-state index contributed by atoms with van der Waals surface area (Å²) in [6, 6.07) is 1.86. The number of nitrogens with zero attached hydrogens (tertiary/aromatic N) is 3. The predicted molar refractivity (Wildman–Crippen MR) is 80.3 cm³/mol. The van der Waals surface area contributed by atoms with Crippen LogP contribution in [0.1, 0.15) is 56.7 Å². The van der Waals surface area contributed by atoms with Crippen LogP contribution in [-0.4, -0.2) is 44.3 Å². The Kier molecular flexibility index (Phi) is 6.39. The smallest absolute Gasteiger partial charge is 0.303 e. The molecule has 0 saturated carbocycles. The van der Waals surface area contributed by atoms with E-state index in [1.54, 1.807) is 9.58 Å². The molecular formula is C15H25N3O3. The summed E-state index contributed by atoms with van der Waals surface area (Å²) >= 11 is 0. The van der Waals surface area contributed by atoms with Crippen molar-refractivity contribution in [3.8, 4) is 0 Å². The van der Waals surface area contributed by atoms with Crippen LogP contribution in [0.2, 0.25) is 0 Å². The highest BCUT2D eigenvalue weighted by Crippen LogP contribution is 2.12. The van der Waals surface area contributed by atoms with Crippen LogP contribution in [0.5, 0.6) is 0 Å². The molecule has 6 nitrogen and oxygen atoms in total. The second kappa shape index (κ2) is 7.81. The fraction of sp³-hybridized carbons (Fsp3) is 0.667. The van der Waals surface area contributed by atoms with E-state index in [4.69, 9.17) is 5.11 Å². The zero-order valence-electron chi connectivity index (χ0n) is 13.3. The molecule has 118 valence electrons. The van der Waals surface area contributed by atoms with Crippen molar-refractivity contribution in [2.24, 2.45) is 0 Å². The third-order valence-electron chi connectivity index (χ3n) is 3.39. The van der Waals surface area contributed by atoms with Crippen LogP contribution in [0.4, 0.5) is 0 Å². The molecule has 0 aliphatic heterocycles. The lowest BCUT2D eigenvalue weighted by molar-refractivity contribution is -0.137. The molecule has 1 aromatic rings. The number of carboxylic acids is 1. The summed E-state index contributed by atoms with van der Waals surface area (Å²) in [6.45, 7) is 8.91. The van der Waals surface area contributed by atoms with E-state index < -0.39 is 5.97 Å². The normalized spacial score (nSPS) is 10.9. The van der Waals surface area contributed by atoms with Crippen LogP contribution < -0.4 is 0 Å². The van der Waals surface area contributed by atoms with Crippen LogP contribution in [0.15, 0.2) is 6.07 Å². The van der Waals surface area contributed by atoms with Crippen LogP contribution in [0, 0.1) is 0 Å². The number of carbonyl (C=O) groups is 2. The van der Waals surface area contributed by atoms with E-state index in [1.807, 2.05) is 33.8 Å². The van der Waals surface area contributed by atoms with Crippen molar-refractivity contribution in [3.05, 3.63) is 17.5 Å². The second-order valence-electron chi connectivity index (χ2n) is 5.28. The van der Waals surface area contributed by atoms with Gasteiger partial charge in [-0.3, -0.25) is 14.3 Å². The van der Waals surface area contributed by atoms with Crippen molar-refractivity contribution in [2.75, 3.05) is 6.54 Å².